The molecule has 4 N–H and O–H groups in total. The van der Waals surface area contributed by atoms with E-state index in [9.17, 15) is 24.6 Å². The second kappa shape index (κ2) is 11.7. The number of rotatable bonds is 9. The summed E-state index contributed by atoms with van der Waals surface area (Å²) in [5.41, 5.74) is 1.21. The lowest BCUT2D eigenvalue weighted by Gasteiger charge is -2.48. The van der Waals surface area contributed by atoms with Crippen molar-refractivity contribution in [3.63, 3.8) is 0 Å². The first-order valence-electron chi connectivity index (χ1n) is 11.7. The fraction of sp³-hybridized carbons (Fsp3) is 0.520. The van der Waals surface area contributed by atoms with Crippen molar-refractivity contribution in [2.75, 3.05) is 5.32 Å². The van der Waals surface area contributed by atoms with Gasteiger partial charge >= 0.3 is 12.2 Å². The van der Waals surface area contributed by atoms with Crippen molar-refractivity contribution in [3.8, 4) is 0 Å². The molecule has 0 spiro atoms. The molecule has 0 atom stereocenters. The van der Waals surface area contributed by atoms with Crippen molar-refractivity contribution < 1.29 is 24.6 Å². The molecule has 0 fully saturated rings. The van der Waals surface area contributed by atoms with E-state index in [1.54, 1.807) is 41.5 Å². The third-order valence-corrected chi connectivity index (χ3v) is 6.17. The average Bonchev–Trinajstić information content (AvgIpc) is 3.15. The summed E-state index contributed by atoms with van der Waals surface area (Å²) in [4.78, 5) is 42.2. The lowest BCUT2D eigenvalue weighted by molar-refractivity contribution is -0.114. The molecule has 36 heavy (non-hydrogen) atoms. The molecule has 3 amide bonds. The van der Waals surface area contributed by atoms with Crippen LogP contribution in [0.15, 0.2) is 29.6 Å². The second-order valence-corrected chi connectivity index (χ2v) is 11.4. The molecule has 0 aliphatic heterocycles. The van der Waals surface area contributed by atoms with Crippen LogP contribution in [0.1, 0.15) is 65.3 Å². The van der Waals surface area contributed by atoms with E-state index in [0.29, 0.717) is 5.13 Å². The number of anilines is 1. The maximum atomic E-state index is 12.2. The van der Waals surface area contributed by atoms with E-state index in [2.05, 4.69) is 15.6 Å². The molecule has 10 nitrogen and oxygen atoms in total. The molecule has 198 valence electrons. The maximum absolute atomic E-state index is 12.2. The van der Waals surface area contributed by atoms with Gasteiger partial charge in [0.25, 0.3) is 0 Å². The topological polar surface area (TPSA) is 135 Å². The highest BCUT2D eigenvalue weighted by atomic mass is 32.1. The minimum absolute atomic E-state index is 0.148. The van der Waals surface area contributed by atoms with Gasteiger partial charge in [-0.1, -0.05) is 24.3 Å². The molecule has 0 unspecified atom stereocenters. The predicted octanol–water partition coefficient (Wildman–Crippen LogP) is 4.82. The Kier molecular flexibility index (Phi) is 9.44. The van der Waals surface area contributed by atoms with E-state index < -0.39 is 29.6 Å². The van der Waals surface area contributed by atoms with Crippen molar-refractivity contribution in [2.45, 2.75) is 85.2 Å². The van der Waals surface area contributed by atoms with Crippen LogP contribution in [0.5, 0.6) is 0 Å². The highest BCUT2D eigenvalue weighted by Crippen LogP contribution is 2.25. The highest BCUT2D eigenvalue weighted by Gasteiger charge is 2.42. The van der Waals surface area contributed by atoms with Crippen molar-refractivity contribution in [1.82, 2.24) is 20.1 Å². The van der Waals surface area contributed by atoms with Crippen LogP contribution in [-0.2, 0) is 24.2 Å². The molecule has 0 bridgehead atoms. The van der Waals surface area contributed by atoms with Crippen LogP contribution < -0.4 is 10.6 Å². The van der Waals surface area contributed by atoms with Gasteiger partial charge < -0.3 is 15.5 Å². The van der Waals surface area contributed by atoms with E-state index in [1.165, 1.54) is 18.3 Å². The molecule has 0 radical (unpaired) electrons. The summed E-state index contributed by atoms with van der Waals surface area (Å²) in [6.07, 6.45) is -2.02. The minimum Gasteiger partial charge on any atom is -0.465 e. The lowest BCUT2D eigenvalue weighted by atomic mass is 10.0. The molecule has 2 rings (SSSR count). The Morgan fingerprint density at radius 2 is 1.42 bits per heavy atom. The summed E-state index contributed by atoms with van der Waals surface area (Å²) >= 11 is 1.39. The fourth-order valence-corrected chi connectivity index (χ4v) is 4.54. The molecule has 0 aliphatic carbocycles. The largest absolute Gasteiger partial charge is 0.465 e. The first-order valence-corrected chi connectivity index (χ1v) is 12.6. The van der Waals surface area contributed by atoms with Gasteiger partial charge in [0.15, 0.2) is 11.4 Å². The number of nitrogens with one attached hydrogen (secondary N) is 2. The van der Waals surface area contributed by atoms with Gasteiger partial charge in [0.05, 0.1) is 5.69 Å². The second-order valence-electron chi connectivity index (χ2n) is 10.5. The van der Waals surface area contributed by atoms with E-state index in [-0.39, 0.29) is 12.5 Å². The normalized spacial score (nSPS) is 11.9. The van der Waals surface area contributed by atoms with Gasteiger partial charge in [0.2, 0.25) is 5.91 Å². The van der Waals surface area contributed by atoms with Gasteiger partial charge in [-0.25, -0.2) is 14.6 Å². The molecule has 1 heterocycles. The number of amides is 3. The van der Waals surface area contributed by atoms with Crippen LogP contribution in [0.2, 0.25) is 0 Å². The molecular weight excluding hydrogens is 482 g/mol. The van der Waals surface area contributed by atoms with Gasteiger partial charge in [-0.05, 0) is 65.5 Å². The molecule has 0 aliphatic rings. The van der Waals surface area contributed by atoms with Gasteiger partial charge in [-0.2, -0.15) is 0 Å². The first-order chi connectivity index (χ1) is 16.6. The minimum atomic E-state index is -1.21. The Hall–Kier alpha value is -3.18. The highest BCUT2D eigenvalue weighted by molar-refractivity contribution is 7.13. The van der Waals surface area contributed by atoms with E-state index in [4.69, 9.17) is 0 Å². The van der Waals surface area contributed by atoms with Crippen molar-refractivity contribution in [2.24, 2.45) is 0 Å². The number of carboxylic acid groups (broad SMARTS) is 2. The molecule has 2 aromatic rings. The number of aryl methyl sites for hydroxylation is 2. The summed E-state index contributed by atoms with van der Waals surface area (Å²) in [5, 5.41) is 28.2. The quantitative estimate of drug-likeness (QED) is 0.349. The molecule has 1 aromatic carbocycles. The SMILES string of the molecule is CC(=O)Nc1nc(CCc2ccc(CNC(N(C(=O)O)C(C)(C)C)N(C(=O)O)C(C)(C)C)cc2)cs1. The lowest BCUT2D eigenvalue weighted by Crippen LogP contribution is -2.68. The number of nitrogens with zero attached hydrogens (tertiary/aromatic N) is 3. The van der Waals surface area contributed by atoms with Crippen molar-refractivity contribution >= 4 is 34.6 Å². The molecule has 1 aromatic heterocycles. The third-order valence-electron chi connectivity index (χ3n) is 5.36. The number of carbonyl (C=O) groups is 3. The molecular formula is C25H37N5O5S. The van der Waals surface area contributed by atoms with Gasteiger partial charge in [0, 0.05) is 29.9 Å². The van der Waals surface area contributed by atoms with E-state index in [1.807, 2.05) is 29.6 Å². The first kappa shape index (κ1) is 29.1. The van der Waals surface area contributed by atoms with Gasteiger partial charge in [0.1, 0.15) is 0 Å². The number of hydrogen-bond donors (Lipinski definition) is 4. The van der Waals surface area contributed by atoms with Crippen LogP contribution in [0.25, 0.3) is 0 Å². The Balaban J connectivity index is 2.13. The molecule has 0 saturated heterocycles. The molecule has 11 heteroatoms. The summed E-state index contributed by atoms with van der Waals surface area (Å²) in [6, 6.07) is 7.86. The van der Waals surface area contributed by atoms with Gasteiger partial charge in [-0.15, -0.1) is 11.3 Å². The number of aromatic nitrogens is 1. The standard InChI is InChI=1S/C25H37N5O5S/c1-16(31)27-20-28-19(15-36-20)13-12-17-8-10-18(11-9-17)14-26-21(29(22(32)33)24(2,3)4)30(23(34)35)25(5,6)7/h8-11,15,21,26H,12-14H2,1-7H3,(H,32,33)(H,34,35)(H,27,28,31). The molecule has 0 saturated carbocycles. The Morgan fingerprint density at radius 3 is 1.86 bits per heavy atom. The zero-order valence-corrected chi connectivity index (χ0v) is 22.8. The van der Waals surface area contributed by atoms with Crippen LogP contribution in [0.4, 0.5) is 14.7 Å². The third kappa shape index (κ3) is 8.20. The predicted molar refractivity (Wildman–Crippen MR) is 140 cm³/mol. The monoisotopic (exact) mass is 519 g/mol. The fourth-order valence-electron chi connectivity index (χ4n) is 3.75. The number of benzene rings is 1. The summed E-state index contributed by atoms with van der Waals surface area (Å²) < 4.78 is 0. The Labute approximate surface area is 216 Å². The van der Waals surface area contributed by atoms with E-state index >= 15 is 0 Å². The van der Waals surface area contributed by atoms with Crippen molar-refractivity contribution in [1.29, 1.82) is 0 Å². The maximum Gasteiger partial charge on any atom is 0.410 e. The smallest absolute Gasteiger partial charge is 0.410 e. The number of carbonyl (C=O) groups excluding carboxylic acids is 1. The van der Waals surface area contributed by atoms with Crippen LogP contribution in [0.3, 0.4) is 0 Å². The zero-order valence-electron chi connectivity index (χ0n) is 22.0. The van der Waals surface area contributed by atoms with Crippen LogP contribution in [0, 0.1) is 0 Å². The summed E-state index contributed by atoms with van der Waals surface area (Å²) in [6.45, 7) is 12.1. The zero-order chi connectivity index (χ0) is 27.3. The van der Waals surface area contributed by atoms with Gasteiger partial charge in [-0.3, -0.25) is 19.9 Å². The summed E-state index contributed by atoms with van der Waals surface area (Å²) in [5.74, 6) is -0.148. The Morgan fingerprint density at radius 1 is 0.917 bits per heavy atom. The number of thiazole rings is 1. The average molecular weight is 520 g/mol. The number of hydrogen-bond acceptors (Lipinski definition) is 6. The summed E-state index contributed by atoms with van der Waals surface area (Å²) in [7, 11) is 0. The van der Waals surface area contributed by atoms with Crippen molar-refractivity contribution in [3.05, 3.63) is 46.5 Å². The van der Waals surface area contributed by atoms with Crippen LogP contribution in [-0.4, -0.2) is 60.5 Å². The van der Waals surface area contributed by atoms with E-state index in [0.717, 1.165) is 39.5 Å². The van der Waals surface area contributed by atoms with Crippen LogP contribution >= 0.6 is 11.3 Å². The Bertz CT molecular complexity index is 1020.